The smallest absolute Gasteiger partial charge is 0.121 e. The van der Waals surface area contributed by atoms with Crippen LogP contribution in [0.15, 0.2) is 48.6 Å². The molecule has 154 valence electrons. The molecule has 3 heteroatoms. The minimum Gasteiger partial charge on any atom is -0.355 e. The topological polar surface area (TPSA) is 21.3 Å². The van der Waals surface area contributed by atoms with Gasteiger partial charge in [0.25, 0.3) is 0 Å². The van der Waals surface area contributed by atoms with Gasteiger partial charge in [-0.15, -0.1) is 0 Å². The summed E-state index contributed by atoms with van der Waals surface area (Å²) in [4.78, 5) is 0. The highest BCUT2D eigenvalue weighted by atomic mass is 32.2. The summed E-state index contributed by atoms with van der Waals surface area (Å²) in [6.07, 6.45) is 9.12. The zero-order valence-electron chi connectivity index (χ0n) is 18.5. The molecule has 0 aliphatic carbocycles. The fraction of sp³-hybridized carbons (Fsp3) is 0.520. The van der Waals surface area contributed by atoms with Crippen molar-refractivity contribution >= 4 is 11.9 Å². The van der Waals surface area contributed by atoms with E-state index in [1.165, 1.54) is 33.4 Å². The van der Waals surface area contributed by atoms with Crippen molar-refractivity contribution in [1.29, 1.82) is 0 Å². The van der Waals surface area contributed by atoms with Crippen molar-refractivity contribution in [2.75, 3.05) is 6.26 Å². The van der Waals surface area contributed by atoms with Crippen LogP contribution in [0.3, 0.4) is 0 Å². The fourth-order valence-corrected chi connectivity index (χ4v) is 4.59. The van der Waals surface area contributed by atoms with Gasteiger partial charge in [-0.3, -0.25) is 0 Å². The fourth-order valence-electron chi connectivity index (χ4n) is 4.19. The van der Waals surface area contributed by atoms with E-state index in [9.17, 15) is 0 Å². The Labute approximate surface area is 176 Å². The van der Waals surface area contributed by atoms with E-state index in [4.69, 9.17) is 4.74 Å². The van der Waals surface area contributed by atoms with Crippen LogP contribution in [0, 0.1) is 0 Å². The Morgan fingerprint density at radius 2 is 1.93 bits per heavy atom. The van der Waals surface area contributed by atoms with Crippen molar-refractivity contribution < 1.29 is 4.74 Å². The van der Waals surface area contributed by atoms with Crippen LogP contribution in [-0.2, 0) is 11.2 Å². The average Bonchev–Trinajstić information content (AvgIpc) is 2.67. The van der Waals surface area contributed by atoms with Crippen molar-refractivity contribution in [2.24, 2.45) is 0 Å². The predicted molar refractivity (Wildman–Crippen MR) is 125 cm³/mol. The first kappa shape index (κ1) is 23.0. The van der Waals surface area contributed by atoms with Gasteiger partial charge in [-0.1, -0.05) is 77.1 Å². The van der Waals surface area contributed by atoms with Gasteiger partial charge in [0.1, 0.15) is 6.23 Å². The Morgan fingerprint density at radius 1 is 1.25 bits per heavy atom. The van der Waals surface area contributed by atoms with Crippen LogP contribution < -0.4 is 4.72 Å². The molecule has 0 bridgehead atoms. The Hall–Kier alpha value is -1.29. The number of benzene rings is 1. The molecule has 28 heavy (non-hydrogen) atoms. The highest BCUT2D eigenvalue weighted by molar-refractivity contribution is 7.96. The molecule has 1 aliphatic rings. The molecule has 0 fully saturated rings. The first-order valence-corrected chi connectivity index (χ1v) is 11.7. The summed E-state index contributed by atoms with van der Waals surface area (Å²) in [5, 5.41) is 0. The van der Waals surface area contributed by atoms with Crippen molar-refractivity contribution in [3.63, 3.8) is 0 Å². The van der Waals surface area contributed by atoms with E-state index < -0.39 is 0 Å². The lowest BCUT2D eigenvalue weighted by Crippen LogP contribution is -2.34. The van der Waals surface area contributed by atoms with Crippen LogP contribution in [-0.4, -0.2) is 12.5 Å². The van der Waals surface area contributed by atoms with Gasteiger partial charge in [0.15, 0.2) is 0 Å². The lowest BCUT2D eigenvalue weighted by atomic mass is 9.82. The van der Waals surface area contributed by atoms with E-state index in [0.717, 1.165) is 19.3 Å². The van der Waals surface area contributed by atoms with Crippen LogP contribution in [0.25, 0.3) is 0 Å². The number of nitrogens with one attached hydrogen (secondary N) is 1. The molecule has 0 saturated heterocycles. The number of hydrogen-bond donors (Lipinski definition) is 1. The summed E-state index contributed by atoms with van der Waals surface area (Å²) in [5.41, 5.74) is 8.29. The largest absolute Gasteiger partial charge is 0.355 e. The minimum atomic E-state index is 0.0771. The van der Waals surface area contributed by atoms with Crippen molar-refractivity contribution in [3.05, 3.63) is 70.8 Å². The summed E-state index contributed by atoms with van der Waals surface area (Å²) in [6, 6.07) is 4.81. The molecule has 0 saturated carbocycles. The molecule has 3 atom stereocenters. The Balaban J connectivity index is 2.43. The SMILES string of the molecule is C=C/C(CC)=C(/C=C)CC(C)c1cc(C(C)C)c2c(c1)C(C)OC(NSC)C2. The molecular weight excluding hydrogens is 362 g/mol. The Bertz CT molecular complexity index is 717. The molecule has 1 N–H and O–H groups in total. The van der Waals surface area contributed by atoms with Crippen molar-refractivity contribution in [3.8, 4) is 0 Å². The van der Waals surface area contributed by atoms with Gasteiger partial charge >= 0.3 is 0 Å². The molecule has 2 nitrogen and oxygen atoms in total. The molecule has 1 aliphatic heterocycles. The molecule has 0 radical (unpaired) electrons. The van der Waals surface area contributed by atoms with Gasteiger partial charge in [0, 0.05) is 6.42 Å². The highest BCUT2D eigenvalue weighted by Gasteiger charge is 2.28. The summed E-state index contributed by atoms with van der Waals surface area (Å²) >= 11 is 1.63. The van der Waals surface area contributed by atoms with Crippen LogP contribution in [0.1, 0.15) is 87.7 Å². The van der Waals surface area contributed by atoms with Crippen molar-refractivity contribution in [1.82, 2.24) is 4.72 Å². The zero-order chi connectivity index (χ0) is 20.8. The molecule has 1 heterocycles. The van der Waals surface area contributed by atoms with Crippen LogP contribution in [0.2, 0.25) is 0 Å². The van der Waals surface area contributed by atoms with E-state index >= 15 is 0 Å². The maximum Gasteiger partial charge on any atom is 0.121 e. The molecule has 3 unspecified atom stereocenters. The molecule has 1 aromatic rings. The Morgan fingerprint density at radius 3 is 2.46 bits per heavy atom. The second-order valence-electron chi connectivity index (χ2n) is 8.04. The zero-order valence-corrected chi connectivity index (χ0v) is 19.3. The summed E-state index contributed by atoms with van der Waals surface area (Å²) in [6.45, 7) is 19.3. The molecule has 0 aromatic heterocycles. The second kappa shape index (κ2) is 10.5. The maximum absolute atomic E-state index is 6.23. The quantitative estimate of drug-likeness (QED) is 0.350. The van der Waals surface area contributed by atoms with Crippen molar-refractivity contribution in [2.45, 2.75) is 78.0 Å². The van der Waals surface area contributed by atoms with E-state index in [1.807, 2.05) is 12.2 Å². The molecule has 0 amide bonds. The van der Waals surface area contributed by atoms with Gasteiger partial charge < -0.3 is 4.74 Å². The van der Waals surface area contributed by atoms with Crippen LogP contribution in [0.4, 0.5) is 0 Å². The highest BCUT2D eigenvalue weighted by Crippen LogP contribution is 2.38. The Kier molecular flexibility index (Phi) is 8.60. The van der Waals surface area contributed by atoms with Gasteiger partial charge in [0.2, 0.25) is 0 Å². The monoisotopic (exact) mass is 399 g/mol. The van der Waals surface area contributed by atoms with Gasteiger partial charge in [-0.2, -0.15) is 0 Å². The standard InChI is InChI=1S/C25H37NOS/c1-9-19(10-2)20(11-3)12-17(6)21-13-22(16(4)5)24-15-25(26-28-8)27-18(7)23(24)14-21/h9,11,13-14,16-18,25-26H,1,3,10,12,15H2,2,4-8H3/b20-19+. The minimum absolute atomic E-state index is 0.0771. The van der Waals surface area contributed by atoms with Gasteiger partial charge in [-0.25, -0.2) is 4.72 Å². The van der Waals surface area contributed by atoms with E-state index in [1.54, 1.807) is 11.9 Å². The van der Waals surface area contributed by atoms with E-state index in [2.05, 4.69) is 70.9 Å². The number of allylic oxidation sites excluding steroid dienone is 4. The summed E-state index contributed by atoms with van der Waals surface area (Å²) in [5.74, 6) is 0.918. The number of fused-ring (bicyclic) bond motifs is 1. The molecule has 0 spiro atoms. The summed E-state index contributed by atoms with van der Waals surface area (Å²) < 4.78 is 9.61. The summed E-state index contributed by atoms with van der Waals surface area (Å²) in [7, 11) is 0. The third-order valence-corrected chi connectivity index (χ3v) is 6.29. The molecule has 2 rings (SSSR count). The van der Waals surface area contributed by atoms with E-state index in [-0.39, 0.29) is 12.3 Å². The lowest BCUT2D eigenvalue weighted by Gasteiger charge is -2.34. The maximum atomic E-state index is 6.23. The van der Waals surface area contributed by atoms with Gasteiger partial charge in [0.05, 0.1) is 6.10 Å². The average molecular weight is 400 g/mol. The molecule has 1 aromatic carbocycles. The van der Waals surface area contributed by atoms with E-state index in [0.29, 0.717) is 11.8 Å². The first-order chi connectivity index (χ1) is 13.4. The first-order valence-electron chi connectivity index (χ1n) is 10.4. The third-order valence-electron chi connectivity index (χ3n) is 5.79. The predicted octanol–water partition coefficient (Wildman–Crippen LogP) is 7.21. The second-order valence-corrected chi connectivity index (χ2v) is 8.69. The van der Waals surface area contributed by atoms with Gasteiger partial charge in [-0.05, 0) is 71.3 Å². The number of ether oxygens (including phenoxy) is 1. The number of rotatable bonds is 9. The van der Waals surface area contributed by atoms with Crippen LogP contribution >= 0.6 is 11.9 Å². The third kappa shape index (κ3) is 5.20. The lowest BCUT2D eigenvalue weighted by molar-refractivity contribution is -0.0201. The molecular formula is C25H37NOS. The normalized spacial score (nSPS) is 21.1. The van der Waals surface area contributed by atoms with Crippen LogP contribution in [0.5, 0.6) is 0 Å². The number of hydrogen-bond acceptors (Lipinski definition) is 3.